The van der Waals surface area contributed by atoms with Crippen molar-refractivity contribution < 1.29 is 30.0 Å². The zero-order valence-corrected chi connectivity index (χ0v) is 16.6. The van der Waals surface area contributed by atoms with Crippen LogP contribution in [0.2, 0.25) is 0 Å². The van der Waals surface area contributed by atoms with Gasteiger partial charge in [0.25, 0.3) is 0 Å². The van der Waals surface area contributed by atoms with Gasteiger partial charge >= 0.3 is 5.97 Å². The number of carbonyl (C=O) groups is 1. The van der Waals surface area contributed by atoms with E-state index in [1.165, 1.54) is 7.11 Å². The standard InChI is InChI=1S/C21H34O6/c1-18-7-4-8-19(2,17(25)27-3)15(18)14(23)16(24)20-9-12(5-6-13(18)20)21(26,10-20)11-22/h12-16,22-24,26H,4-11H2,1-3H3. The predicted octanol–water partition coefficient (Wildman–Crippen LogP) is 1.24. The maximum atomic E-state index is 12.7. The summed E-state index contributed by atoms with van der Waals surface area (Å²) >= 11 is 0. The molecule has 0 aromatic heterocycles. The molecule has 27 heavy (non-hydrogen) atoms. The van der Waals surface area contributed by atoms with Crippen LogP contribution in [0.5, 0.6) is 0 Å². The van der Waals surface area contributed by atoms with E-state index in [0.717, 1.165) is 25.7 Å². The third-order valence-electron chi connectivity index (χ3n) is 9.30. The van der Waals surface area contributed by atoms with Crippen molar-refractivity contribution >= 4 is 5.97 Å². The van der Waals surface area contributed by atoms with Gasteiger partial charge in [0, 0.05) is 11.3 Å². The minimum Gasteiger partial charge on any atom is -0.469 e. The lowest BCUT2D eigenvalue weighted by Gasteiger charge is -2.66. The second-order valence-corrected chi connectivity index (χ2v) is 10.4. The maximum Gasteiger partial charge on any atom is 0.311 e. The van der Waals surface area contributed by atoms with E-state index in [9.17, 15) is 25.2 Å². The number of aliphatic hydroxyl groups is 4. The second-order valence-electron chi connectivity index (χ2n) is 10.4. The molecule has 154 valence electrons. The van der Waals surface area contributed by atoms with Crippen LogP contribution >= 0.6 is 0 Å². The van der Waals surface area contributed by atoms with Crippen LogP contribution in [0.1, 0.15) is 58.8 Å². The highest BCUT2D eigenvalue weighted by Gasteiger charge is 2.73. The number of esters is 1. The summed E-state index contributed by atoms with van der Waals surface area (Å²) in [6, 6.07) is 0. The highest BCUT2D eigenvalue weighted by atomic mass is 16.5. The van der Waals surface area contributed by atoms with Gasteiger partial charge < -0.3 is 25.2 Å². The molecule has 6 nitrogen and oxygen atoms in total. The molecule has 9 unspecified atom stereocenters. The fraction of sp³-hybridized carbons (Fsp3) is 0.952. The Balaban J connectivity index is 1.82. The summed E-state index contributed by atoms with van der Waals surface area (Å²) in [5, 5.41) is 43.5. The molecule has 4 N–H and O–H groups in total. The van der Waals surface area contributed by atoms with Crippen LogP contribution in [0, 0.1) is 34.0 Å². The Morgan fingerprint density at radius 1 is 1.19 bits per heavy atom. The van der Waals surface area contributed by atoms with Gasteiger partial charge in [-0.05, 0) is 62.7 Å². The lowest BCUT2D eigenvalue weighted by atomic mass is 9.39. The Hall–Kier alpha value is -0.690. The van der Waals surface area contributed by atoms with Crippen LogP contribution in [-0.4, -0.2) is 57.9 Å². The molecule has 0 radical (unpaired) electrons. The number of hydrogen-bond acceptors (Lipinski definition) is 6. The van der Waals surface area contributed by atoms with E-state index >= 15 is 0 Å². The van der Waals surface area contributed by atoms with Crippen molar-refractivity contribution in [3.8, 4) is 0 Å². The number of rotatable bonds is 2. The number of carbonyl (C=O) groups excluding carboxylic acids is 1. The molecule has 4 aliphatic carbocycles. The molecule has 0 heterocycles. The van der Waals surface area contributed by atoms with Crippen LogP contribution in [-0.2, 0) is 9.53 Å². The molecule has 0 aromatic carbocycles. The topological polar surface area (TPSA) is 107 Å². The maximum absolute atomic E-state index is 12.7. The predicted molar refractivity (Wildman–Crippen MR) is 97.5 cm³/mol. The van der Waals surface area contributed by atoms with Crippen molar-refractivity contribution in [3.05, 3.63) is 0 Å². The van der Waals surface area contributed by atoms with E-state index in [1.807, 2.05) is 6.92 Å². The molecule has 0 aliphatic heterocycles. The smallest absolute Gasteiger partial charge is 0.311 e. The van der Waals surface area contributed by atoms with Gasteiger partial charge in [-0.2, -0.15) is 0 Å². The molecule has 1 spiro atoms. The van der Waals surface area contributed by atoms with Gasteiger partial charge in [-0.3, -0.25) is 4.79 Å². The first-order chi connectivity index (χ1) is 12.6. The van der Waals surface area contributed by atoms with Crippen LogP contribution in [0.25, 0.3) is 0 Å². The van der Waals surface area contributed by atoms with E-state index in [-0.39, 0.29) is 35.7 Å². The quantitative estimate of drug-likeness (QED) is 0.535. The summed E-state index contributed by atoms with van der Waals surface area (Å²) < 4.78 is 5.11. The monoisotopic (exact) mass is 382 g/mol. The average molecular weight is 382 g/mol. The van der Waals surface area contributed by atoms with Crippen LogP contribution in [0.15, 0.2) is 0 Å². The SMILES string of the molecule is COC(=O)C1(C)CCCC2(C)C1C(O)C(O)C13CC(CCC21)C(O)(CO)C3. The molecular formula is C21H34O6. The molecule has 4 fully saturated rings. The molecule has 4 rings (SSSR count). The Morgan fingerprint density at radius 2 is 1.89 bits per heavy atom. The van der Waals surface area contributed by atoms with Crippen LogP contribution < -0.4 is 0 Å². The Labute approximate surface area is 160 Å². The van der Waals surface area contributed by atoms with Gasteiger partial charge in [0.05, 0.1) is 36.9 Å². The van der Waals surface area contributed by atoms with E-state index in [1.54, 1.807) is 0 Å². The third-order valence-corrected chi connectivity index (χ3v) is 9.30. The Bertz CT molecular complexity index is 638. The molecule has 2 bridgehead atoms. The van der Waals surface area contributed by atoms with E-state index in [4.69, 9.17) is 4.74 Å². The molecule has 4 aliphatic rings. The summed E-state index contributed by atoms with van der Waals surface area (Å²) in [5.74, 6) is -0.630. The molecule has 0 aromatic rings. The van der Waals surface area contributed by atoms with Crippen molar-refractivity contribution in [2.75, 3.05) is 13.7 Å². The van der Waals surface area contributed by atoms with Crippen LogP contribution in [0.4, 0.5) is 0 Å². The number of aliphatic hydroxyl groups excluding tert-OH is 3. The van der Waals surface area contributed by atoms with Crippen molar-refractivity contribution in [1.82, 2.24) is 0 Å². The van der Waals surface area contributed by atoms with Crippen molar-refractivity contribution in [2.24, 2.45) is 34.0 Å². The van der Waals surface area contributed by atoms with Gasteiger partial charge in [0.15, 0.2) is 0 Å². The number of methoxy groups -OCH3 is 1. The number of hydrogen-bond donors (Lipinski definition) is 4. The van der Waals surface area contributed by atoms with E-state index in [2.05, 4.69) is 6.92 Å². The normalized spacial score (nSPS) is 56.9. The van der Waals surface area contributed by atoms with Crippen molar-refractivity contribution in [1.29, 1.82) is 0 Å². The van der Waals surface area contributed by atoms with Crippen molar-refractivity contribution in [3.63, 3.8) is 0 Å². The first-order valence-corrected chi connectivity index (χ1v) is 10.4. The summed E-state index contributed by atoms with van der Waals surface area (Å²) in [6.45, 7) is 3.73. The average Bonchev–Trinajstić information content (AvgIpc) is 2.86. The fourth-order valence-electron chi connectivity index (χ4n) is 8.35. The lowest BCUT2D eigenvalue weighted by molar-refractivity contribution is -0.256. The summed E-state index contributed by atoms with van der Waals surface area (Å²) in [5.41, 5.74) is -2.92. The minimum absolute atomic E-state index is 0.0451. The van der Waals surface area contributed by atoms with Gasteiger partial charge in [0.2, 0.25) is 0 Å². The fourth-order valence-corrected chi connectivity index (χ4v) is 8.35. The molecule has 0 saturated heterocycles. The third kappa shape index (κ3) is 2.24. The summed E-state index contributed by atoms with van der Waals surface area (Å²) in [7, 11) is 1.39. The van der Waals surface area contributed by atoms with E-state index in [0.29, 0.717) is 19.3 Å². The summed E-state index contributed by atoms with van der Waals surface area (Å²) in [6.07, 6.45) is 2.97. The first kappa shape index (κ1) is 19.6. The first-order valence-electron chi connectivity index (χ1n) is 10.4. The van der Waals surface area contributed by atoms with Crippen LogP contribution in [0.3, 0.4) is 0 Å². The van der Waals surface area contributed by atoms with Crippen molar-refractivity contribution in [2.45, 2.75) is 76.6 Å². The van der Waals surface area contributed by atoms with E-state index < -0.39 is 28.6 Å². The zero-order valence-electron chi connectivity index (χ0n) is 16.6. The van der Waals surface area contributed by atoms with Gasteiger partial charge in [0.1, 0.15) is 0 Å². The largest absolute Gasteiger partial charge is 0.469 e. The molecule has 9 atom stereocenters. The Kier molecular flexibility index (Phi) is 4.29. The molecule has 6 heteroatoms. The highest BCUT2D eigenvalue weighted by Crippen LogP contribution is 2.72. The number of ether oxygens (including phenoxy) is 1. The number of fused-ring (bicyclic) bond motifs is 3. The lowest BCUT2D eigenvalue weighted by Crippen LogP contribution is -2.69. The minimum atomic E-state index is -1.18. The molecule has 4 saturated carbocycles. The van der Waals surface area contributed by atoms with Gasteiger partial charge in [-0.15, -0.1) is 0 Å². The van der Waals surface area contributed by atoms with Gasteiger partial charge in [-0.1, -0.05) is 13.3 Å². The molecular weight excluding hydrogens is 348 g/mol. The summed E-state index contributed by atoms with van der Waals surface area (Å²) in [4.78, 5) is 12.7. The zero-order chi connectivity index (χ0) is 19.8. The second kappa shape index (κ2) is 5.91. The highest BCUT2D eigenvalue weighted by molar-refractivity contribution is 5.77. The molecule has 0 amide bonds. The van der Waals surface area contributed by atoms with Gasteiger partial charge in [-0.25, -0.2) is 0 Å². The Morgan fingerprint density at radius 3 is 2.52 bits per heavy atom.